The van der Waals surface area contributed by atoms with Crippen LogP contribution >= 0.6 is 15.9 Å². The Kier molecular flexibility index (Phi) is 3.49. The Morgan fingerprint density at radius 3 is 2.86 bits per heavy atom. The Bertz CT molecular complexity index is 871. The van der Waals surface area contributed by atoms with Gasteiger partial charge < -0.3 is 5.32 Å². The Morgan fingerprint density at radius 2 is 2.10 bits per heavy atom. The van der Waals surface area contributed by atoms with Crippen molar-refractivity contribution in [3.05, 3.63) is 63.1 Å². The van der Waals surface area contributed by atoms with Crippen molar-refractivity contribution in [2.75, 3.05) is 5.32 Å². The standard InChI is InChI=1S/C14H9BrN4O2/c15-9-6-8-2-1-3-10(13(8)16-7-9)17-14(21)11-4-5-12(20)19-18-11/h1-7H,(H,17,21)(H,19,20). The largest absolute Gasteiger partial charge is 0.319 e. The molecule has 1 aromatic carbocycles. The van der Waals surface area contributed by atoms with Gasteiger partial charge in [-0.25, -0.2) is 5.10 Å². The third kappa shape index (κ3) is 2.82. The van der Waals surface area contributed by atoms with Crippen LogP contribution in [0.3, 0.4) is 0 Å². The lowest BCUT2D eigenvalue weighted by molar-refractivity contribution is 0.102. The Hall–Kier alpha value is -2.54. The van der Waals surface area contributed by atoms with E-state index in [9.17, 15) is 9.59 Å². The summed E-state index contributed by atoms with van der Waals surface area (Å²) in [4.78, 5) is 27.4. The predicted molar refractivity (Wildman–Crippen MR) is 82.3 cm³/mol. The molecule has 0 aliphatic carbocycles. The normalized spacial score (nSPS) is 10.5. The zero-order valence-corrected chi connectivity index (χ0v) is 12.2. The average Bonchev–Trinajstić information content (AvgIpc) is 2.47. The molecule has 0 spiro atoms. The summed E-state index contributed by atoms with van der Waals surface area (Å²) >= 11 is 3.36. The molecule has 2 N–H and O–H groups in total. The average molecular weight is 345 g/mol. The van der Waals surface area contributed by atoms with Crippen molar-refractivity contribution in [3.63, 3.8) is 0 Å². The van der Waals surface area contributed by atoms with E-state index in [1.54, 1.807) is 12.3 Å². The SMILES string of the molecule is O=C(Nc1cccc2cc(Br)cnc12)c1ccc(=O)[nH]n1. The van der Waals surface area contributed by atoms with Crippen LogP contribution in [0.2, 0.25) is 0 Å². The maximum absolute atomic E-state index is 12.1. The van der Waals surface area contributed by atoms with Crippen LogP contribution in [0.15, 0.2) is 51.9 Å². The minimum atomic E-state index is -0.413. The Morgan fingerprint density at radius 1 is 1.24 bits per heavy atom. The van der Waals surface area contributed by atoms with Crippen LogP contribution in [0.4, 0.5) is 5.69 Å². The summed E-state index contributed by atoms with van der Waals surface area (Å²) in [7, 11) is 0. The van der Waals surface area contributed by atoms with Gasteiger partial charge in [-0.2, -0.15) is 5.10 Å². The van der Waals surface area contributed by atoms with Crippen LogP contribution in [-0.4, -0.2) is 21.1 Å². The first kappa shape index (κ1) is 13.4. The molecular formula is C14H9BrN4O2. The highest BCUT2D eigenvalue weighted by molar-refractivity contribution is 9.10. The van der Waals surface area contributed by atoms with Crippen molar-refractivity contribution in [3.8, 4) is 0 Å². The number of halogens is 1. The number of hydrogen-bond donors (Lipinski definition) is 2. The van der Waals surface area contributed by atoms with E-state index in [0.717, 1.165) is 9.86 Å². The van der Waals surface area contributed by atoms with Gasteiger partial charge in [-0.05, 0) is 34.1 Å². The zero-order chi connectivity index (χ0) is 14.8. The topological polar surface area (TPSA) is 87.7 Å². The number of amides is 1. The van der Waals surface area contributed by atoms with E-state index in [1.165, 1.54) is 12.1 Å². The third-order valence-electron chi connectivity index (χ3n) is 2.84. The molecule has 0 aliphatic rings. The molecule has 104 valence electrons. The van der Waals surface area contributed by atoms with Crippen LogP contribution in [0, 0.1) is 0 Å². The summed E-state index contributed by atoms with van der Waals surface area (Å²) in [6, 6.07) is 10.0. The molecule has 6 nitrogen and oxygen atoms in total. The molecule has 0 aliphatic heterocycles. The van der Waals surface area contributed by atoms with Gasteiger partial charge in [-0.1, -0.05) is 12.1 Å². The quantitative estimate of drug-likeness (QED) is 0.746. The van der Waals surface area contributed by atoms with Crippen molar-refractivity contribution < 1.29 is 4.79 Å². The van der Waals surface area contributed by atoms with Gasteiger partial charge in [-0.3, -0.25) is 14.6 Å². The Balaban J connectivity index is 1.96. The molecule has 21 heavy (non-hydrogen) atoms. The first-order valence-corrected chi connectivity index (χ1v) is 6.84. The van der Waals surface area contributed by atoms with E-state index >= 15 is 0 Å². The van der Waals surface area contributed by atoms with Crippen molar-refractivity contribution in [2.24, 2.45) is 0 Å². The van der Waals surface area contributed by atoms with Gasteiger partial charge in [0.15, 0.2) is 0 Å². The van der Waals surface area contributed by atoms with Crippen LogP contribution < -0.4 is 10.9 Å². The number of carbonyl (C=O) groups excluding carboxylic acids is 1. The lowest BCUT2D eigenvalue weighted by atomic mass is 10.2. The van der Waals surface area contributed by atoms with Crippen LogP contribution in [0.25, 0.3) is 10.9 Å². The number of aromatic nitrogens is 3. The molecular weight excluding hydrogens is 336 g/mol. The fourth-order valence-corrected chi connectivity index (χ4v) is 2.24. The lowest BCUT2D eigenvalue weighted by Crippen LogP contribution is -2.17. The number of hydrogen-bond acceptors (Lipinski definition) is 4. The molecule has 0 atom stereocenters. The van der Waals surface area contributed by atoms with Gasteiger partial charge in [0.05, 0.1) is 11.2 Å². The smallest absolute Gasteiger partial charge is 0.276 e. The highest BCUT2D eigenvalue weighted by atomic mass is 79.9. The van der Waals surface area contributed by atoms with Crippen molar-refractivity contribution in [2.45, 2.75) is 0 Å². The van der Waals surface area contributed by atoms with E-state index in [1.807, 2.05) is 18.2 Å². The fourth-order valence-electron chi connectivity index (χ4n) is 1.89. The number of anilines is 1. The molecule has 7 heteroatoms. The molecule has 3 aromatic rings. The summed E-state index contributed by atoms with van der Waals surface area (Å²) in [5, 5.41) is 9.55. The van der Waals surface area contributed by atoms with Crippen LogP contribution in [0.1, 0.15) is 10.5 Å². The molecule has 0 radical (unpaired) electrons. The van der Waals surface area contributed by atoms with Crippen molar-refractivity contribution in [1.29, 1.82) is 0 Å². The number of para-hydroxylation sites is 1. The van der Waals surface area contributed by atoms with E-state index in [4.69, 9.17) is 0 Å². The molecule has 0 bridgehead atoms. The second kappa shape index (κ2) is 5.45. The van der Waals surface area contributed by atoms with E-state index in [-0.39, 0.29) is 11.3 Å². The monoisotopic (exact) mass is 344 g/mol. The van der Waals surface area contributed by atoms with Crippen LogP contribution in [0.5, 0.6) is 0 Å². The zero-order valence-electron chi connectivity index (χ0n) is 10.6. The minimum Gasteiger partial charge on any atom is -0.319 e. The maximum Gasteiger partial charge on any atom is 0.276 e. The second-order valence-corrected chi connectivity index (χ2v) is 5.21. The minimum absolute atomic E-state index is 0.128. The third-order valence-corrected chi connectivity index (χ3v) is 3.27. The van der Waals surface area contributed by atoms with Gasteiger partial charge in [-0.15, -0.1) is 0 Å². The Labute approximate surface area is 127 Å². The first-order valence-electron chi connectivity index (χ1n) is 6.05. The summed E-state index contributed by atoms with van der Waals surface area (Å²) in [5.41, 5.74) is 1.03. The number of carbonyl (C=O) groups is 1. The second-order valence-electron chi connectivity index (χ2n) is 4.29. The van der Waals surface area contributed by atoms with Gasteiger partial charge in [0.2, 0.25) is 0 Å². The fraction of sp³-hybridized carbons (Fsp3) is 0. The molecule has 1 amide bonds. The summed E-state index contributed by atoms with van der Waals surface area (Å²) in [5.74, 6) is -0.413. The number of aromatic amines is 1. The van der Waals surface area contributed by atoms with Gasteiger partial charge in [0.25, 0.3) is 11.5 Å². The van der Waals surface area contributed by atoms with Crippen molar-refractivity contribution >= 4 is 38.4 Å². The maximum atomic E-state index is 12.1. The van der Waals surface area contributed by atoms with Crippen molar-refractivity contribution in [1.82, 2.24) is 15.2 Å². The predicted octanol–water partition coefficient (Wildman–Crippen LogP) is 2.33. The number of rotatable bonds is 2. The highest BCUT2D eigenvalue weighted by Crippen LogP contribution is 2.24. The molecule has 0 saturated carbocycles. The van der Waals surface area contributed by atoms with Gasteiger partial charge >= 0.3 is 0 Å². The summed E-state index contributed by atoms with van der Waals surface area (Å²) in [6.07, 6.45) is 1.66. The summed E-state index contributed by atoms with van der Waals surface area (Å²) < 4.78 is 0.862. The van der Waals surface area contributed by atoms with Gasteiger partial charge in [0.1, 0.15) is 5.69 Å². The number of pyridine rings is 1. The summed E-state index contributed by atoms with van der Waals surface area (Å²) in [6.45, 7) is 0. The molecule has 0 fully saturated rings. The molecule has 0 unspecified atom stereocenters. The number of nitrogens with one attached hydrogen (secondary N) is 2. The number of fused-ring (bicyclic) bond motifs is 1. The lowest BCUT2D eigenvalue weighted by Gasteiger charge is -2.07. The molecule has 0 saturated heterocycles. The van der Waals surface area contributed by atoms with E-state index in [2.05, 4.69) is 36.4 Å². The van der Waals surface area contributed by atoms with Crippen LogP contribution in [-0.2, 0) is 0 Å². The number of nitrogens with zero attached hydrogens (tertiary/aromatic N) is 2. The van der Waals surface area contributed by atoms with E-state index < -0.39 is 5.91 Å². The first-order chi connectivity index (χ1) is 10.1. The molecule has 2 aromatic heterocycles. The van der Waals surface area contributed by atoms with Gasteiger partial charge in [0, 0.05) is 22.1 Å². The molecule has 2 heterocycles. The number of H-pyrrole nitrogens is 1. The number of benzene rings is 1. The molecule has 3 rings (SSSR count). The highest BCUT2D eigenvalue weighted by Gasteiger charge is 2.10. The van der Waals surface area contributed by atoms with E-state index in [0.29, 0.717) is 11.2 Å².